The van der Waals surface area contributed by atoms with Gasteiger partial charge in [-0.2, -0.15) is 0 Å². The largest absolute Gasteiger partial charge is 0.391 e. The third kappa shape index (κ3) is 4.85. The predicted molar refractivity (Wildman–Crippen MR) is 120 cm³/mol. The van der Waals surface area contributed by atoms with Crippen molar-refractivity contribution in [3.8, 4) is 0 Å². The Bertz CT molecular complexity index is 981. The van der Waals surface area contributed by atoms with E-state index in [0.29, 0.717) is 6.54 Å². The predicted octanol–water partition coefficient (Wildman–Crippen LogP) is 4.71. The zero-order valence-electron chi connectivity index (χ0n) is 17.3. The number of hydrogen-bond donors (Lipinski definition) is 3. The van der Waals surface area contributed by atoms with Crippen LogP contribution in [0.3, 0.4) is 0 Å². The Hall–Kier alpha value is -2.25. The SMILES string of the molecule is CC(C)(C)c1cncc(NCc2ccc3nc(NC4CCCC[C@H]4O)sc3c2)n1. The van der Waals surface area contributed by atoms with Crippen molar-refractivity contribution >= 4 is 32.5 Å². The van der Waals surface area contributed by atoms with Gasteiger partial charge in [-0.15, -0.1) is 0 Å². The van der Waals surface area contributed by atoms with Crippen molar-refractivity contribution in [2.45, 2.75) is 70.6 Å². The maximum Gasteiger partial charge on any atom is 0.184 e. The first kappa shape index (κ1) is 20.0. The summed E-state index contributed by atoms with van der Waals surface area (Å²) in [5.41, 5.74) is 3.11. The van der Waals surface area contributed by atoms with Crippen LogP contribution < -0.4 is 10.6 Å². The van der Waals surface area contributed by atoms with Gasteiger partial charge in [0.2, 0.25) is 0 Å². The molecule has 0 radical (unpaired) electrons. The molecule has 0 bridgehead atoms. The van der Waals surface area contributed by atoms with E-state index in [4.69, 9.17) is 4.98 Å². The van der Waals surface area contributed by atoms with Crippen molar-refractivity contribution in [1.29, 1.82) is 0 Å². The Morgan fingerprint density at radius 3 is 2.76 bits per heavy atom. The molecular formula is C22H29N5OS. The third-order valence-corrected chi connectivity index (χ3v) is 6.32. The lowest BCUT2D eigenvalue weighted by Gasteiger charge is -2.27. The van der Waals surface area contributed by atoms with Crippen LogP contribution in [0.1, 0.15) is 57.7 Å². The maximum atomic E-state index is 10.2. The van der Waals surface area contributed by atoms with Gasteiger partial charge < -0.3 is 15.7 Å². The second-order valence-corrected chi connectivity index (χ2v) is 9.85. The first-order valence-corrected chi connectivity index (χ1v) is 11.1. The van der Waals surface area contributed by atoms with E-state index in [9.17, 15) is 5.11 Å². The molecule has 0 aliphatic heterocycles. The lowest BCUT2D eigenvalue weighted by Crippen LogP contribution is -2.36. The van der Waals surface area contributed by atoms with Gasteiger partial charge in [-0.3, -0.25) is 4.98 Å². The van der Waals surface area contributed by atoms with Crippen LogP contribution in [0.15, 0.2) is 30.6 Å². The van der Waals surface area contributed by atoms with Gasteiger partial charge in [0.15, 0.2) is 5.13 Å². The number of nitrogens with one attached hydrogen (secondary N) is 2. The third-order valence-electron chi connectivity index (χ3n) is 5.37. The molecule has 1 fully saturated rings. The van der Waals surface area contributed by atoms with E-state index in [-0.39, 0.29) is 17.6 Å². The normalized spacial score (nSPS) is 20.0. The van der Waals surface area contributed by atoms with Crippen LogP contribution in [0.25, 0.3) is 10.2 Å². The Kier molecular flexibility index (Phi) is 5.69. The summed E-state index contributed by atoms with van der Waals surface area (Å²) in [5, 5.41) is 17.9. The van der Waals surface area contributed by atoms with E-state index < -0.39 is 0 Å². The molecule has 1 aromatic carbocycles. The number of rotatable bonds is 5. The van der Waals surface area contributed by atoms with E-state index in [1.54, 1.807) is 17.5 Å². The van der Waals surface area contributed by atoms with Gasteiger partial charge in [-0.05, 0) is 30.5 Å². The molecule has 4 rings (SSSR count). The average Bonchev–Trinajstić information content (AvgIpc) is 3.09. The Morgan fingerprint density at radius 1 is 1.14 bits per heavy atom. The quantitative estimate of drug-likeness (QED) is 0.564. The van der Waals surface area contributed by atoms with Crippen molar-refractivity contribution in [3.63, 3.8) is 0 Å². The number of aromatic nitrogens is 3. The van der Waals surface area contributed by atoms with Crippen molar-refractivity contribution in [3.05, 3.63) is 41.9 Å². The summed E-state index contributed by atoms with van der Waals surface area (Å²) in [5.74, 6) is 0.787. The fourth-order valence-corrected chi connectivity index (χ4v) is 4.58. The number of fused-ring (bicyclic) bond motifs is 1. The summed E-state index contributed by atoms with van der Waals surface area (Å²) in [4.78, 5) is 13.7. The van der Waals surface area contributed by atoms with E-state index in [0.717, 1.165) is 52.5 Å². The summed E-state index contributed by atoms with van der Waals surface area (Å²) in [7, 11) is 0. The highest BCUT2D eigenvalue weighted by Gasteiger charge is 2.23. The summed E-state index contributed by atoms with van der Waals surface area (Å²) in [6.45, 7) is 7.09. The van der Waals surface area contributed by atoms with E-state index in [2.05, 4.69) is 59.6 Å². The van der Waals surface area contributed by atoms with Crippen LogP contribution in [-0.2, 0) is 12.0 Å². The molecule has 0 spiro atoms. The minimum atomic E-state index is -0.277. The van der Waals surface area contributed by atoms with Crippen LogP contribution in [0.5, 0.6) is 0 Å². The van der Waals surface area contributed by atoms with Gasteiger partial charge >= 0.3 is 0 Å². The highest BCUT2D eigenvalue weighted by atomic mass is 32.1. The first-order valence-electron chi connectivity index (χ1n) is 10.3. The molecule has 154 valence electrons. The highest BCUT2D eigenvalue weighted by molar-refractivity contribution is 7.22. The minimum Gasteiger partial charge on any atom is -0.391 e. The zero-order chi connectivity index (χ0) is 20.4. The summed E-state index contributed by atoms with van der Waals surface area (Å²) in [6.07, 6.45) is 7.46. The van der Waals surface area contributed by atoms with Crippen LogP contribution in [0, 0.1) is 0 Å². The molecule has 0 amide bonds. The molecular weight excluding hydrogens is 382 g/mol. The monoisotopic (exact) mass is 411 g/mol. The van der Waals surface area contributed by atoms with Gasteiger partial charge in [0, 0.05) is 18.2 Å². The molecule has 1 saturated carbocycles. The maximum absolute atomic E-state index is 10.2. The molecule has 1 aliphatic carbocycles. The van der Waals surface area contributed by atoms with Crippen molar-refractivity contribution in [2.24, 2.45) is 0 Å². The van der Waals surface area contributed by atoms with Gasteiger partial charge in [-0.1, -0.05) is 51.0 Å². The van der Waals surface area contributed by atoms with Crippen LogP contribution in [0.4, 0.5) is 10.9 Å². The number of aliphatic hydroxyl groups is 1. The molecule has 1 unspecified atom stereocenters. The molecule has 3 aromatic rings. The average molecular weight is 412 g/mol. The number of thiazole rings is 1. The second-order valence-electron chi connectivity index (χ2n) is 8.82. The number of benzene rings is 1. The molecule has 2 heterocycles. The Balaban J connectivity index is 1.44. The molecule has 1 aliphatic rings. The highest BCUT2D eigenvalue weighted by Crippen LogP contribution is 2.30. The van der Waals surface area contributed by atoms with Crippen molar-refractivity contribution < 1.29 is 5.11 Å². The standard InChI is InChI=1S/C22H29N5OS/c1-22(2,3)19-12-23-13-20(27-19)24-11-14-8-9-16-18(10-14)29-21(26-16)25-15-6-4-5-7-17(15)28/h8-10,12-13,15,17,28H,4-7,11H2,1-3H3,(H,24,27)(H,25,26)/t15?,17-/m1/s1. The molecule has 6 nitrogen and oxygen atoms in total. The molecule has 2 atom stereocenters. The smallest absolute Gasteiger partial charge is 0.184 e. The molecule has 29 heavy (non-hydrogen) atoms. The zero-order valence-corrected chi connectivity index (χ0v) is 18.1. The number of anilines is 2. The van der Waals surface area contributed by atoms with E-state index >= 15 is 0 Å². The molecule has 7 heteroatoms. The number of hydrogen-bond acceptors (Lipinski definition) is 7. The number of aliphatic hydroxyl groups excluding tert-OH is 1. The summed E-state index contributed by atoms with van der Waals surface area (Å²) in [6, 6.07) is 6.43. The van der Waals surface area contributed by atoms with Gasteiger partial charge in [-0.25, -0.2) is 9.97 Å². The lowest BCUT2D eigenvalue weighted by molar-refractivity contribution is 0.116. The van der Waals surface area contributed by atoms with Crippen LogP contribution in [-0.4, -0.2) is 32.2 Å². The summed E-state index contributed by atoms with van der Waals surface area (Å²) >= 11 is 1.65. The van der Waals surface area contributed by atoms with Crippen LogP contribution in [0.2, 0.25) is 0 Å². The molecule has 3 N–H and O–H groups in total. The van der Waals surface area contributed by atoms with Crippen molar-refractivity contribution in [1.82, 2.24) is 15.0 Å². The van der Waals surface area contributed by atoms with Gasteiger partial charge in [0.25, 0.3) is 0 Å². The van der Waals surface area contributed by atoms with E-state index in [1.165, 1.54) is 5.56 Å². The molecule has 0 saturated heterocycles. The number of nitrogens with zero attached hydrogens (tertiary/aromatic N) is 3. The topological polar surface area (TPSA) is 83.0 Å². The van der Waals surface area contributed by atoms with Crippen molar-refractivity contribution in [2.75, 3.05) is 10.6 Å². The van der Waals surface area contributed by atoms with Crippen LogP contribution >= 0.6 is 11.3 Å². The van der Waals surface area contributed by atoms with E-state index in [1.807, 2.05) is 6.20 Å². The summed E-state index contributed by atoms with van der Waals surface area (Å²) < 4.78 is 1.15. The van der Waals surface area contributed by atoms with Gasteiger partial charge in [0.05, 0.1) is 34.3 Å². The Labute approximate surface area is 175 Å². The molecule has 2 aromatic heterocycles. The first-order chi connectivity index (χ1) is 13.9. The fourth-order valence-electron chi connectivity index (χ4n) is 3.58. The van der Waals surface area contributed by atoms with Gasteiger partial charge in [0.1, 0.15) is 5.82 Å². The fraction of sp³-hybridized carbons (Fsp3) is 0.500. The lowest BCUT2D eigenvalue weighted by atomic mass is 9.93. The minimum absolute atomic E-state index is 0.0262. The second kappa shape index (κ2) is 8.24. The Morgan fingerprint density at radius 2 is 1.97 bits per heavy atom.